The summed E-state index contributed by atoms with van der Waals surface area (Å²) in [4.78, 5) is 43.7. The maximum Gasteiger partial charge on any atom is 0.270 e. The SMILES string of the molecule is Cc1ccc(N2C(=O)/C(=C/c3cc([N+](=O)[O-])ccc3N3CCOCC3)C(=O)N(c3ccccc3)C2=S)cc1C. The lowest BCUT2D eigenvalue weighted by Crippen LogP contribution is -2.57. The molecule has 0 unspecified atom stereocenters. The number of aryl methyl sites for hydroxylation is 2. The highest BCUT2D eigenvalue weighted by Gasteiger charge is 2.41. The summed E-state index contributed by atoms with van der Waals surface area (Å²) in [6.07, 6.45) is 1.44. The third-order valence-electron chi connectivity index (χ3n) is 6.89. The number of nitro groups is 1. The normalized spacial score (nSPS) is 17.2. The number of para-hydroxylation sites is 1. The molecule has 3 aromatic carbocycles. The number of hydrogen-bond donors (Lipinski definition) is 0. The second-order valence-corrected chi connectivity index (χ2v) is 9.69. The van der Waals surface area contributed by atoms with Crippen molar-refractivity contribution in [1.82, 2.24) is 0 Å². The molecule has 2 fully saturated rings. The van der Waals surface area contributed by atoms with Crippen LogP contribution < -0.4 is 14.7 Å². The van der Waals surface area contributed by atoms with Crippen LogP contribution in [0, 0.1) is 24.0 Å². The number of amides is 2. The lowest BCUT2D eigenvalue weighted by atomic mass is 10.0. The number of nitro benzene ring substituents is 1. The van der Waals surface area contributed by atoms with Gasteiger partial charge < -0.3 is 9.64 Å². The molecule has 0 radical (unpaired) electrons. The minimum absolute atomic E-state index is 0.0315. The van der Waals surface area contributed by atoms with E-state index < -0.39 is 16.7 Å². The number of rotatable bonds is 5. The van der Waals surface area contributed by atoms with Crippen molar-refractivity contribution in [3.05, 3.63) is 99.1 Å². The Hall–Kier alpha value is -4.41. The average Bonchev–Trinajstić information content (AvgIpc) is 2.94. The minimum atomic E-state index is -0.601. The van der Waals surface area contributed by atoms with E-state index in [4.69, 9.17) is 17.0 Å². The highest BCUT2D eigenvalue weighted by atomic mass is 32.1. The molecule has 0 aromatic heterocycles. The molecule has 10 heteroatoms. The third-order valence-corrected chi connectivity index (χ3v) is 7.25. The number of ether oxygens (including phenoxy) is 1. The smallest absolute Gasteiger partial charge is 0.270 e. The van der Waals surface area contributed by atoms with Crippen molar-refractivity contribution in [2.24, 2.45) is 0 Å². The van der Waals surface area contributed by atoms with Crippen LogP contribution in [0.15, 0.2) is 72.3 Å². The fourth-order valence-electron chi connectivity index (χ4n) is 4.65. The molecule has 2 aliphatic rings. The van der Waals surface area contributed by atoms with Crippen LogP contribution in [0.4, 0.5) is 22.7 Å². The van der Waals surface area contributed by atoms with Crippen molar-refractivity contribution in [1.29, 1.82) is 0 Å². The van der Waals surface area contributed by atoms with E-state index in [0.29, 0.717) is 48.9 Å². The summed E-state index contributed by atoms with van der Waals surface area (Å²) in [5.41, 5.74) is 3.82. The zero-order chi connectivity index (χ0) is 27.7. The van der Waals surface area contributed by atoms with Gasteiger partial charge >= 0.3 is 0 Å². The molecule has 0 aliphatic carbocycles. The van der Waals surface area contributed by atoms with Gasteiger partial charge in [0.1, 0.15) is 5.57 Å². The van der Waals surface area contributed by atoms with Crippen LogP contribution in [0.3, 0.4) is 0 Å². The summed E-state index contributed by atoms with van der Waals surface area (Å²) in [6.45, 7) is 6.06. The Morgan fingerprint density at radius 1 is 0.872 bits per heavy atom. The molecule has 5 rings (SSSR count). The van der Waals surface area contributed by atoms with Crippen molar-refractivity contribution in [2.45, 2.75) is 13.8 Å². The molecular formula is C29H26N4O5S. The fraction of sp³-hybridized carbons (Fsp3) is 0.207. The summed E-state index contributed by atoms with van der Waals surface area (Å²) >= 11 is 5.72. The van der Waals surface area contributed by atoms with Gasteiger partial charge in [0.2, 0.25) is 0 Å². The first kappa shape index (κ1) is 26.2. The van der Waals surface area contributed by atoms with Gasteiger partial charge in [-0.15, -0.1) is 0 Å². The van der Waals surface area contributed by atoms with Gasteiger partial charge in [0, 0.05) is 36.5 Å². The Bertz CT molecular complexity index is 1520. The van der Waals surface area contributed by atoms with Gasteiger partial charge in [0.15, 0.2) is 5.11 Å². The lowest BCUT2D eigenvalue weighted by Gasteiger charge is -2.37. The number of carbonyl (C=O) groups is 2. The van der Waals surface area contributed by atoms with Crippen LogP contribution in [0.2, 0.25) is 0 Å². The predicted molar refractivity (Wildman–Crippen MR) is 154 cm³/mol. The second kappa shape index (κ2) is 10.8. The van der Waals surface area contributed by atoms with Gasteiger partial charge in [-0.3, -0.25) is 29.5 Å². The molecule has 0 atom stereocenters. The number of anilines is 3. The molecule has 0 bridgehead atoms. The first-order chi connectivity index (χ1) is 18.8. The molecule has 2 saturated heterocycles. The number of carbonyl (C=O) groups excluding carboxylic acids is 2. The van der Waals surface area contributed by atoms with E-state index >= 15 is 0 Å². The molecule has 198 valence electrons. The number of thiocarbonyl (C=S) groups is 1. The first-order valence-electron chi connectivity index (χ1n) is 12.4. The van der Waals surface area contributed by atoms with Crippen molar-refractivity contribution >= 4 is 58.0 Å². The van der Waals surface area contributed by atoms with Gasteiger partial charge in [-0.25, -0.2) is 0 Å². The monoisotopic (exact) mass is 542 g/mol. The van der Waals surface area contributed by atoms with E-state index in [1.165, 1.54) is 28.0 Å². The van der Waals surface area contributed by atoms with Gasteiger partial charge in [-0.05, 0) is 73.6 Å². The van der Waals surface area contributed by atoms with Crippen LogP contribution >= 0.6 is 12.2 Å². The Labute approximate surface area is 231 Å². The van der Waals surface area contributed by atoms with Gasteiger partial charge in [-0.2, -0.15) is 0 Å². The molecule has 3 aromatic rings. The number of non-ortho nitro benzene ring substituents is 1. The number of benzene rings is 3. The molecule has 2 amide bonds. The zero-order valence-electron chi connectivity index (χ0n) is 21.5. The number of nitrogens with zero attached hydrogens (tertiary/aromatic N) is 4. The molecule has 0 saturated carbocycles. The van der Waals surface area contributed by atoms with E-state index in [1.807, 2.05) is 36.9 Å². The maximum atomic E-state index is 14.0. The van der Waals surface area contributed by atoms with E-state index in [2.05, 4.69) is 0 Å². The fourth-order valence-corrected chi connectivity index (χ4v) is 5.02. The first-order valence-corrected chi connectivity index (χ1v) is 12.8. The molecular weight excluding hydrogens is 516 g/mol. The molecule has 2 aliphatic heterocycles. The summed E-state index contributed by atoms with van der Waals surface area (Å²) in [7, 11) is 0. The predicted octanol–water partition coefficient (Wildman–Crippen LogP) is 4.80. The Morgan fingerprint density at radius 3 is 2.18 bits per heavy atom. The van der Waals surface area contributed by atoms with Crippen LogP contribution in [0.1, 0.15) is 16.7 Å². The molecule has 9 nitrogen and oxygen atoms in total. The quantitative estimate of drug-likeness (QED) is 0.150. The average molecular weight is 543 g/mol. The van der Waals surface area contributed by atoms with Crippen LogP contribution in [0.5, 0.6) is 0 Å². The molecule has 0 spiro atoms. The topological polar surface area (TPSA) is 96.2 Å². The summed E-state index contributed by atoms with van der Waals surface area (Å²) in [5.74, 6) is -1.20. The van der Waals surface area contributed by atoms with Gasteiger partial charge in [0.05, 0.1) is 29.5 Å². The number of morpholine rings is 1. The van der Waals surface area contributed by atoms with Crippen molar-refractivity contribution < 1.29 is 19.2 Å². The Balaban J connectivity index is 1.69. The third kappa shape index (κ3) is 5.04. The zero-order valence-corrected chi connectivity index (χ0v) is 22.3. The highest BCUT2D eigenvalue weighted by molar-refractivity contribution is 7.81. The summed E-state index contributed by atoms with van der Waals surface area (Å²) in [5, 5.41) is 11.7. The molecule has 39 heavy (non-hydrogen) atoms. The van der Waals surface area contributed by atoms with E-state index in [0.717, 1.165) is 11.1 Å². The standard InChI is InChI=1S/C29H26N4O5S/c1-19-8-9-23(16-20(19)2)32-28(35)25(27(34)31(29(32)39)22-6-4-3-5-7-22)18-21-17-24(33(36)37)10-11-26(21)30-12-14-38-15-13-30/h3-11,16-18H,12-15H2,1-2H3/b25-18+. The van der Waals surface area contributed by atoms with Crippen LogP contribution in [-0.2, 0) is 14.3 Å². The van der Waals surface area contributed by atoms with Crippen LogP contribution in [-0.4, -0.2) is 48.2 Å². The van der Waals surface area contributed by atoms with Gasteiger partial charge in [-0.1, -0.05) is 24.3 Å². The number of hydrogen-bond acceptors (Lipinski definition) is 7. The Kier molecular flexibility index (Phi) is 7.23. The summed E-state index contributed by atoms with van der Waals surface area (Å²) in [6, 6.07) is 18.8. The second-order valence-electron chi connectivity index (χ2n) is 9.33. The molecule has 0 N–H and O–H groups in total. The van der Waals surface area contributed by atoms with Crippen molar-refractivity contribution in [3.8, 4) is 0 Å². The van der Waals surface area contributed by atoms with Crippen molar-refractivity contribution in [3.63, 3.8) is 0 Å². The highest BCUT2D eigenvalue weighted by Crippen LogP contribution is 2.33. The maximum absolute atomic E-state index is 14.0. The van der Waals surface area contributed by atoms with E-state index in [1.54, 1.807) is 36.4 Å². The lowest BCUT2D eigenvalue weighted by molar-refractivity contribution is -0.384. The van der Waals surface area contributed by atoms with Gasteiger partial charge in [0.25, 0.3) is 17.5 Å². The van der Waals surface area contributed by atoms with E-state index in [-0.39, 0.29) is 16.4 Å². The Morgan fingerprint density at radius 2 is 1.54 bits per heavy atom. The minimum Gasteiger partial charge on any atom is -0.378 e. The largest absolute Gasteiger partial charge is 0.378 e. The summed E-state index contributed by atoms with van der Waals surface area (Å²) < 4.78 is 5.46. The molecule has 2 heterocycles. The van der Waals surface area contributed by atoms with Crippen LogP contribution in [0.25, 0.3) is 6.08 Å². The van der Waals surface area contributed by atoms with E-state index in [9.17, 15) is 19.7 Å². The van der Waals surface area contributed by atoms with Crippen molar-refractivity contribution in [2.75, 3.05) is 41.0 Å².